The first-order valence-electron chi connectivity index (χ1n) is 8.10. The molecule has 5 heteroatoms. The maximum Gasteiger partial charge on any atom is 0.308 e. The lowest BCUT2D eigenvalue weighted by Gasteiger charge is -2.40. The molecule has 0 saturated heterocycles. The molecule has 0 radical (unpaired) electrons. The van der Waals surface area contributed by atoms with E-state index in [-0.39, 0.29) is 5.91 Å². The Labute approximate surface area is 137 Å². The number of hydrogen-bond donors (Lipinski definition) is 2. The van der Waals surface area contributed by atoms with E-state index in [0.29, 0.717) is 18.6 Å². The summed E-state index contributed by atoms with van der Waals surface area (Å²) in [6.45, 7) is 5.46. The molecule has 1 saturated carbocycles. The van der Waals surface area contributed by atoms with Crippen LogP contribution in [0.1, 0.15) is 45.1 Å². The number of amides is 1. The number of hydrogen-bond acceptors (Lipinski definition) is 3. The Morgan fingerprint density at radius 3 is 2.78 bits per heavy atom. The van der Waals surface area contributed by atoms with E-state index in [1.54, 1.807) is 13.0 Å². The van der Waals surface area contributed by atoms with E-state index in [1.807, 2.05) is 32.0 Å². The van der Waals surface area contributed by atoms with Crippen molar-refractivity contribution in [1.29, 1.82) is 0 Å². The van der Waals surface area contributed by atoms with Gasteiger partial charge in [0, 0.05) is 0 Å². The van der Waals surface area contributed by atoms with Crippen LogP contribution >= 0.6 is 0 Å². The van der Waals surface area contributed by atoms with Crippen molar-refractivity contribution in [3.05, 3.63) is 29.8 Å². The predicted molar refractivity (Wildman–Crippen MR) is 87.4 cm³/mol. The average Bonchev–Trinajstić information content (AvgIpc) is 2.46. The van der Waals surface area contributed by atoms with E-state index in [2.05, 4.69) is 5.32 Å². The molecular weight excluding hydrogens is 294 g/mol. The molecule has 1 fully saturated rings. The summed E-state index contributed by atoms with van der Waals surface area (Å²) in [6, 6.07) is 7.50. The van der Waals surface area contributed by atoms with Crippen LogP contribution in [0.3, 0.4) is 0 Å². The van der Waals surface area contributed by atoms with Crippen LogP contribution in [0.4, 0.5) is 0 Å². The number of aliphatic carboxylic acids is 1. The third-order valence-electron chi connectivity index (χ3n) is 4.59. The summed E-state index contributed by atoms with van der Waals surface area (Å²) in [5.41, 5.74) is 0.339. The van der Waals surface area contributed by atoms with Gasteiger partial charge in [0.15, 0.2) is 6.10 Å². The van der Waals surface area contributed by atoms with Crippen LogP contribution in [0.25, 0.3) is 0 Å². The lowest BCUT2D eigenvalue weighted by molar-refractivity contribution is -0.147. The molecule has 2 rings (SSSR count). The minimum Gasteiger partial charge on any atom is -0.481 e. The zero-order chi connectivity index (χ0) is 17.0. The second-order valence-electron chi connectivity index (χ2n) is 6.62. The number of rotatable bonds is 5. The summed E-state index contributed by atoms with van der Waals surface area (Å²) in [5.74, 6) is -1.04. The Bertz CT molecular complexity index is 586. The first kappa shape index (κ1) is 17.3. The number of aryl methyl sites for hydroxylation is 1. The third-order valence-corrected chi connectivity index (χ3v) is 4.59. The zero-order valence-corrected chi connectivity index (χ0v) is 14.0. The monoisotopic (exact) mass is 319 g/mol. The molecule has 2 N–H and O–H groups in total. The average molecular weight is 319 g/mol. The molecule has 5 nitrogen and oxygen atoms in total. The van der Waals surface area contributed by atoms with Crippen molar-refractivity contribution in [3.63, 3.8) is 0 Å². The number of ether oxygens (including phenoxy) is 1. The Kier molecular flexibility index (Phi) is 5.29. The van der Waals surface area contributed by atoms with Gasteiger partial charge >= 0.3 is 5.97 Å². The summed E-state index contributed by atoms with van der Waals surface area (Å²) < 4.78 is 5.68. The fraction of sp³-hybridized carbons (Fsp3) is 0.556. The molecule has 1 aliphatic rings. The van der Waals surface area contributed by atoms with Gasteiger partial charge in [0.25, 0.3) is 5.91 Å². The van der Waals surface area contributed by atoms with Crippen molar-refractivity contribution in [2.24, 2.45) is 5.92 Å². The molecule has 0 spiro atoms. The van der Waals surface area contributed by atoms with Crippen LogP contribution in [0.2, 0.25) is 0 Å². The molecule has 3 atom stereocenters. The van der Waals surface area contributed by atoms with Crippen molar-refractivity contribution in [2.45, 2.75) is 58.1 Å². The topological polar surface area (TPSA) is 75.6 Å². The van der Waals surface area contributed by atoms with Gasteiger partial charge in [-0.1, -0.05) is 25.0 Å². The van der Waals surface area contributed by atoms with Gasteiger partial charge in [-0.2, -0.15) is 0 Å². The molecule has 1 aliphatic carbocycles. The first-order chi connectivity index (χ1) is 10.8. The molecule has 0 heterocycles. The van der Waals surface area contributed by atoms with Crippen LogP contribution in [-0.4, -0.2) is 28.6 Å². The van der Waals surface area contributed by atoms with Crippen LogP contribution in [0, 0.1) is 12.8 Å². The number of nitrogens with one attached hydrogen (secondary N) is 1. The highest BCUT2D eigenvalue weighted by Gasteiger charge is 2.42. The minimum absolute atomic E-state index is 0.276. The smallest absolute Gasteiger partial charge is 0.308 e. The minimum atomic E-state index is -0.847. The lowest BCUT2D eigenvalue weighted by Crippen LogP contribution is -2.57. The molecule has 3 unspecified atom stereocenters. The van der Waals surface area contributed by atoms with Crippen LogP contribution < -0.4 is 10.1 Å². The number of benzene rings is 1. The molecular formula is C18H25NO4. The normalized spacial score (nSPS) is 25.4. The fourth-order valence-corrected chi connectivity index (χ4v) is 3.21. The summed E-state index contributed by atoms with van der Waals surface area (Å²) in [7, 11) is 0. The van der Waals surface area contributed by atoms with Gasteiger partial charge in [0.1, 0.15) is 5.75 Å². The van der Waals surface area contributed by atoms with E-state index in [1.165, 1.54) is 0 Å². The largest absolute Gasteiger partial charge is 0.481 e. The zero-order valence-electron chi connectivity index (χ0n) is 14.0. The standard InChI is InChI=1S/C18H25NO4/c1-12-7-6-8-14(11-12)23-13(2)16(20)19-18(3)10-5-4-9-15(18)17(21)22/h6-8,11,13,15H,4-5,9-10H2,1-3H3,(H,19,20)(H,21,22). The number of carboxylic acids is 1. The lowest BCUT2D eigenvalue weighted by atomic mass is 9.74. The molecule has 0 aliphatic heterocycles. The second-order valence-corrected chi connectivity index (χ2v) is 6.62. The predicted octanol–water partition coefficient (Wildman–Crippen LogP) is 2.91. The second kappa shape index (κ2) is 7.02. The van der Waals surface area contributed by atoms with Crippen molar-refractivity contribution in [1.82, 2.24) is 5.32 Å². The van der Waals surface area contributed by atoms with Crippen molar-refractivity contribution in [2.75, 3.05) is 0 Å². The Hall–Kier alpha value is -2.04. The molecule has 0 bridgehead atoms. The maximum atomic E-state index is 12.4. The number of carbonyl (C=O) groups excluding carboxylic acids is 1. The molecule has 126 valence electrons. The Balaban J connectivity index is 2.03. The van der Waals surface area contributed by atoms with E-state index in [0.717, 1.165) is 18.4 Å². The van der Waals surface area contributed by atoms with E-state index < -0.39 is 23.5 Å². The fourth-order valence-electron chi connectivity index (χ4n) is 3.21. The summed E-state index contributed by atoms with van der Waals surface area (Å²) in [4.78, 5) is 23.9. The van der Waals surface area contributed by atoms with Crippen molar-refractivity contribution >= 4 is 11.9 Å². The Morgan fingerprint density at radius 1 is 1.39 bits per heavy atom. The molecule has 0 aromatic heterocycles. The number of carboxylic acid groups (broad SMARTS) is 1. The van der Waals surface area contributed by atoms with Gasteiger partial charge in [-0.25, -0.2) is 0 Å². The van der Waals surface area contributed by atoms with Gasteiger partial charge < -0.3 is 15.2 Å². The highest BCUT2D eigenvalue weighted by atomic mass is 16.5. The van der Waals surface area contributed by atoms with Crippen molar-refractivity contribution in [3.8, 4) is 5.75 Å². The third kappa shape index (κ3) is 4.24. The van der Waals surface area contributed by atoms with Gasteiger partial charge in [-0.15, -0.1) is 0 Å². The molecule has 1 aromatic carbocycles. The van der Waals surface area contributed by atoms with Crippen LogP contribution in [0.15, 0.2) is 24.3 Å². The summed E-state index contributed by atoms with van der Waals surface area (Å²) in [5, 5.41) is 12.3. The summed E-state index contributed by atoms with van der Waals surface area (Å²) in [6.07, 6.45) is 2.40. The van der Waals surface area contributed by atoms with E-state index in [4.69, 9.17) is 4.74 Å². The SMILES string of the molecule is Cc1cccc(OC(C)C(=O)NC2(C)CCCCC2C(=O)O)c1. The summed E-state index contributed by atoms with van der Waals surface area (Å²) >= 11 is 0. The number of carbonyl (C=O) groups is 2. The van der Waals surface area contributed by atoms with Gasteiger partial charge in [0.2, 0.25) is 0 Å². The first-order valence-corrected chi connectivity index (χ1v) is 8.10. The van der Waals surface area contributed by atoms with Crippen LogP contribution in [0.5, 0.6) is 5.75 Å². The van der Waals surface area contributed by atoms with Crippen molar-refractivity contribution < 1.29 is 19.4 Å². The molecule has 1 aromatic rings. The Morgan fingerprint density at radius 2 is 2.13 bits per heavy atom. The van der Waals surface area contributed by atoms with E-state index in [9.17, 15) is 14.7 Å². The molecule has 1 amide bonds. The molecule has 23 heavy (non-hydrogen) atoms. The highest BCUT2D eigenvalue weighted by Crippen LogP contribution is 2.34. The van der Waals surface area contributed by atoms with Gasteiger partial charge in [-0.3, -0.25) is 9.59 Å². The van der Waals surface area contributed by atoms with Crippen LogP contribution in [-0.2, 0) is 9.59 Å². The van der Waals surface area contributed by atoms with E-state index >= 15 is 0 Å². The quantitative estimate of drug-likeness (QED) is 0.875. The maximum absolute atomic E-state index is 12.4. The van der Waals surface area contributed by atoms with Gasteiger partial charge in [0.05, 0.1) is 11.5 Å². The highest BCUT2D eigenvalue weighted by molar-refractivity contribution is 5.83. The van der Waals surface area contributed by atoms with Gasteiger partial charge in [-0.05, 0) is 51.3 Å².